The van der Waals surface area contributed by atoms with Crippen LogP contribution in [0.4, 0.5) is 11.5 Å². The molecule has 0 atom stereocenters. The van der Waals surface area contributed by atoms with Gasteiger partial charge in [0.1, 0.15) is 11.5 Å². The van der Waals surface area contributed by atoms with Crippen molar-refractivity contribution in [1.29, 1.82) is 0 Å². The number of amides is 1. The van der Waals surface area contributed by atoms with Crippen molar-refractivity contribution in [1.82, 2.24) is 9.97 Å². The SMILES string of the molecule is CCc1ccccc1NC(=O)c1cnc(N2CCCC2)cn1. The first-order chi connectivity index (χ1) is 10.8. The molecule has 3 rings (SSSR count). The van der Waals surface area contributed by atoms with Gasteiger partial charge in [-0.2, -0.15) is 0 Å². The van der Waals surface area contributed by atoms with Gasteiger partial charge in [0.05, 0.1) is 12.4 Å². The number of carbonyl (C=O) groups excluding carboxylic acids is 1. The number of hydrogen-bond donors (Lipinski definition) is 1. The zero-order chi connectivity index (χ0) is 15.4. The molecule has 0 spiro atoms. The van der Waals surface area contributed by atoms with Crippen molar-refractivity contribution in [2.45, 2.75) is 26.2 Å². The van der Waals surface area contributed by atoms with Gasteiger partial charge in [0.25, 0.3) is 5.91 Å². The lowest BCUT2D eigenvalue weighted by Crippen LogP contribution is -2.20. The molecule has 1 N–H and O–H groups in total. The van der Waals surface area contributed by atoms with Crippen molar-refractivity contribution in [3.8, 4) is 0 Å². The first kappa shape index (κ1) is 14.5. The summed E-state index contributed by atoms with van der Waals surface area (Å²) in [7, 11) is 0. The van der Waals surface area contributed by atoms with Crippen molar-refractivity contribution in [3.63, 3.8) is 0 Å². The van der Waals surface area contributed by atoms with Crippen LogP contribution in [-0.2, 0) is 6.42 Å². The molecule has 0 aliphatic carbocycles. The number of para-hydroxylation sites is 1. The molecule has 1 aliphatic rings. The van der Waals surface area contributed by atoms with Crippen molar-refractivity contribution < 1.29 is 4.79 Å². The number of rotatable bonds is 4. The molecule has 1 saturated heterocycles. The van der Waals surface area contributed by atoms with E-state index >= 15 is 0 Å². The largest absolute Gasteiger partial charge is 0.355 e. The summed E-state index contributed by atoms with van der Waals surface area (Å²) >= 11 is 0. The molecule has 1 aromatic carbocycles. The maximum absolute atomic E-state index is 12.3. The molecule has 0 unspecified atom stereocenters. The predicted octanol–water partition coefficient (Wildman–Crippen LogP) is 2.89. The lowest BCUT2D eigenvalue weighted by Gasteiger charge is -2.15. The summed E-state index contributed by atoms with van der Waals surface area (Å²) in [5, 5.41) is 2.91. The zero-order valence-electron chi connectivity index (χ0n) is 12.7. The third-order valence-electron chi connectivity index (χ3n) is 3.95. The van der Waals surface area contributed by atoms with E-state index in [1.807, 2.05) is 24.3 Å². The maximum Gasteiger partial charge on any atom is 0.275 e. The number of hydrogen-bond acceptors (Lipinski definition) is 4. The molecule has 2 aromatic rings. The second-order valence-corrected chi connectivity index (χ2v) is 5.42. The second-order valence-electron chi connectivity index (χ2n) is 5.42. The van der Waals surface area contributed by atoms with Crippen LogP contribution in [0.3, 0.4) is 0 Å². The summed E-state index contributed by atoms with van der Waals surface area (Å²) in [5.41, 5.74) is 2.28. The summed E-state index contributed by atoms with van der Waals surface area (Å²) in [6, 6.07) is 7.80. The van der Waals surface area contributed by atoms with Crippen LogP contribution in [0, 0.1) is 0 Å². The molecule has 1 amide bonds. The average Bonchev–Trinajstić information content (AvgIpc) is 3.10. The van der Waals surface area contributed by atoms with Gasteiger partial charge in [0, 0.05) is 18.8 Å². The van der Waals surface area contributed by atoms with Crippen LogP contribution in [0.15, 0.2) is 36.7 Å². The normalized spacial score (nSPS) is 14.1. The first-order valence-electron chi connectivity index (χ1n) is 7.74. The molecule has 1 aromatic heterocycles. The van der Waals surface area contributed by atoms with Crippen molar-refractivity contribution in [2.24, 2.45) is 0 Å². The van der Waals surface area contributed by atoms with E-state index in [4.69, 9.17) is 0 Å². The molecule has 22 heavy (non-hydrogen) atoms. The highest BCUT2D eigenvalue weighted by atomic mass is 16.1. The number of nitrogens with one attached hydrogen (secondary N) is 1. The summed E-state index contributed by atoms with van der Waals surface area (Å²) in [4.78, 5) is 23.1. The Morgan fingerprint density at radius 1 is 1.18 bits per heavy atom. The molecule has 0 saturated carbocycles. The van der Waals surface area contributed by atoms with Crippen molar-refractivity contribution in [2.75, 3.05) is 23.3 Å². The number of anilines is 2. The second kappa shape index (κ2) is 6.56. The van der Waals surface area contributed by atoms with E-state index in [-0.39, 0.29) is 5.91 Å². The Labute approximate surface area is 130 Å². The van der Waals surface area contributed by atoms with E-state index in [1.165, 1.54) is 12.8 Å². The van der Waals surface area contributed by atoms with E-state index in [9.17, 15) is 4.79 Å². The van der Waals surface area contributed by atoms with E-state index < -0.39 is 0 Å². The monoisotopic (exact) mass is 296 g/mol. The lowest BCUT2D eigenvalue weighted by atomic mass is 10.1. The molecule has 1 aliphatic heterocycles. The van der Waals surface area contributed by atoms with Crippen LogP contribution in [0.5, 0.6) is 0 Å². The lowest BCUT2D eigenvalue weighted by molar-refractivity contribution is 0.102. The fourth-order valence-corrected chi connectivity index (χ4v) is 2.68. The number of carbonyl (C=O) groups is 1. The Hall–Kier alpha value is -2.43. The van der Waals surface area contributed by atoms with Gasteiger partial charge in [-0.1, -0.05) is 25.1 Å². The van der Waals surface area contributed by atoms with Crippen LogP contribution < -0.4 is 10.2 Å². The van der Waals surface area contributed by atoms with Crippen LogP contribution in [0.2, 0.25) is 0 Å². The molecule has 114 valence electrons. The number of benzene rings is 1. The van der Waals surface area contributed by atoms with Gasteiger partial charge in [-0.05, 0) is 30.9 Å². The summed E-state index contributed by atoms with van der Waals surface area (Å²) in [6.45, 7) is 4.10. The fourth-order valence-electron chi connectivity index (χ4n) is 2.68. The van der Waals surface area contributed by atoms with E-state index in [1.54, 1.807) is 12.4 Å². The van der Waals surface area contributed by atoms with Crippen LogP contribution in [0.25, 0.3) is 0 Å². The van der Waals surface area contributed by atoms with Gasteiger partial charge in [-0.3, -0.25) is 4.79 Å². The molecule has 5 nitrogen and oxygen atoms in total. The maximum atomic E-state index is 12.3. The minimum Gasteiger partial charge on any atom is -0.355 e. The van der Waals surface area contributed by atoms with E-state index in [0.29, 0.717) is 5.69 Å². The quantitative estimate of drug-likeness (QED) is 0.942. The van der Waals surface area contributed by atoms with Gasteiger partial charge in [0.15, 0.2) is 0 Å². The van der Waals surface area contributed by atoms with Crippen LogP contribution in [0.1, 0.15) is 35.8 Å². The number of aromatic nitrogens is 2. The zero-order valence-corrected chi connectivity index (χ0v) is 12.7. The van der Waals surface area contributed by atoms with Gasteiger partial charge in [-0.15, -0.1) is 0 Å². The molecule has 5 heteroatoms. The Morgan fingerprint density at radius 3 is 2.64 bits per heavy atom. The predicted molar refractivity (Wildman–Crippen MR) is 87.3 cm³/mol. The van der Waals surface area contributed by atoms with Gasteiger partial charge in [0.2, 0.25) is 0 Å². The molecule has 2 heterocycles. The Morgan fingerprint density at radius 2 is 1.95 bits per heavy atom. The highest BCUT2D eigenvalue weighted by Gasteiger charge is 2.15. The highest BCUT2D eigenvalue weighted by molar-refractivity contribution is 6.03. The van der Waals surface area contributed by atoms with Gasteiger partial charge >= 0.3 is 0 Å². The Balaban J connectivity index is 1.72. The highest BCUT2D eigenvalue weighted by Crippen LogP contribution is 2.18. The minimum absolute atomic E-state index is 0.221. The fraction of sp³-hybridized carbons (Fsp3) is 0.353. The van der Waals surface area contributed by atoms with Crippen molar-refractivity contribution >= 4 is 17.4 Å². The topological polar surface area (TPSA) is 58.1 Å². The van der Waals surface area contributed by atoms with Crippen LogP contribution >= 0.6 is 0 Å². The van der Waals surface area contributed by atoms with Gasteiger partial charge in [-0.25, -0.2) is 9.97 Å². The summed E-state index contributed by atoms with van der Waals surface area (Å²) < 4.78 is 0. The minimum atomic E-state index is -0.221. The standard InChI is InChI=1S/C17H20N4O/c1-2-13-7-3-4-8-14(13)20-17(22)15-11-19-16(12-18-15)21-9-5-6-10-21/h3-4,7-8,11-12H,2,5-6,9-10H2,1H3,(H,20,22). The summed E-state index contributed by atoms with van der Waals surface area (Å²) in [5.74, 6) is 0.629. The van der Waals surface area contributed by atoms with E-state index in [2.05, 4.69) is 27.1 Å². The van der Waals surface area contributed by atoms with E-state index in [0.717, 1.165) is 36.6 Å². The van der Waals surface area contributed by atoms with Gasteiger partial charge < -0.3 is 10.2 Å². The Bertz CT molecular complexity index is 648. The molecular weight excluding hydrogens is 276 g/mol. The first-order valence-corrected chi connectivity index (χ1v) is 7.74. The van der Waals surface area contributed by atoms with Crippen molar-refractivity contribution in [3.05, 3.63) is 47.9 Å². The molecule has 0 radical (unpaired) electrons. The summed E-state index contributed by atoms with van der Waals surface area (Å²) in [6.07, 6.45) is 6.50. The van der Waals surface area contributed by atoms with Crippen LogP contribution in [-0.4, -0.2) is 29.0 Å². The molecular formula is C17H20N4O. The molecule has 0 bridgehead atoms. The third kappa shape index (κ3) is 3.08. The third-order valence-corrected chi connectivity index (χ3v) is 3.95. The number of aryl methyl sites for hydroxylation is 1. The molecule has 1 fully saturated rings. The smallest absolute Gasteiger partial charge is 0.275 e. The average molecular weight is 296 g/mol. The Kier molecular flexibility index (Phi) is 4.32. The number of nitrogens with zero attached hydrogens (tertiary/aromatic N) is 3.